The van der Waals surface area contributed by atoms with E-state index in [4.69, 9.17) is 0 Å². The van der Waals surface area contributed by atoms with Crippen LogP contribution in [0.5, 0.6) is 0 Å². The van der Waals surface area contributed by atoms with Gasteiger partial charge < -0.3 is 9.88 Å². The van der Waals surface area contributed by atoms with Gasteiger partial charge in [-0.05, 0) is 50.7 Å². The van der Waals surface area contributed by atoms with Crippen molar-refractivity contribution in [2.45, 2.75) is 58.8 Å². The minimum Gasteiger partial charge on any atom is -0.343 e. The second kappa shape index (κ2) is 7.85. The first kappa shape index (κ1) is 18.4. The number of aryl methyl sites for hydroxylation is 3. The Morgan fingerprint density at radius 2 is 2.04 bits per heavy atom. The third-order valence-electron chi connectivity index (χ3n) is 5.43. The number of hydrogen-bond donors (Lipinski definition) is 2. The highest BCUT2D eigenvalue weighted by atomic mass is 16.2. The van der Waals surface area contributed by atoms with Gasteiger partial charge >= 0.3 is 5.69 Å². The van der Waals surface area contributed by atoms with Crippen molar-refractivity contribution in [3.63, 3.8) is 0 Å². The summed E-state index contributed by atoms with van der Waals surface area (Å²) >= 11 is 0. The quantitative estimate of drug-likeness (QED) is 0.856. The highest BCUT2D eigenvalue weighted by Crippen LogP contribution is 2.29. The number of carbonyl (C=O) groups is 1. The van der Waals surface area contributed by atoms with E-state index in [9.17, 15) is 9.59 Å². The Hall–Kier alpha value is -2.44. The average Bonchev–Trinajstić information content (AvgIpc) is 3.09. The van der Waals surface area contributed by atoms with Crippen molar-refractivity contribution < 1.29 is 4.79 Å². The van der Waals surface area contributed by atoms with E-state index in [1.54, 1.807) is 0 Å². The molecule has 0 aliphatic carbocycles. The van der Waals surface area contributed by atoms with Gasteiger partial charge in [0, 0.05) is 42.5 Å². The van der Waals surface area contributed by atoms with Gasteiger partial charge in [0.1, 0.15) is 0 Å². The second-order valence-electron chi connectivity index (χ2n) is 7.05. The monoisotopic (exact) mass is 357 g/mol. The van der Waals surface area contributed by atoms with Crippen LogP contribution in [0.2, 0.25) is 0 Å². The molecule has 0 aromatic carbocycles. The molecule has 1 aliphatic rings. The standard InChI is InChI=1S/C19H27N5O2/c1-4-14-11-20-23-18(14)15-7-9-24(10-8-15)17(25)6-5-16-12(2)21-19(26)22-13(16)3/h11,15H,4-10H2,1-3H3,(H,20,23)(H,21,22,26). The minimum absolute atomic E-state index is 0.175. The summed E-state index contributed by atoms with van der Waals surface area (Å²) in [6, 6.07) is 0. The number of amides is 1. The number of carbonyl (C=O) groups excluding carboxylic acids is 1. The van der Waals surface area contributed by atoms with E-state index in [1.807, 2.05) is 24.9 Å². The van der Waals surface area contributed by atoms with Crippen molar-refractivity contribution >= 4 is 5.91 Å². The summed E-state index contributed by atoms with van der Waals surface area (Å²) in [5, 5.41) is 7.32. The fourth-order valence-electron chi connectivity index (χ4n) is 3.89. The highest BCUT2D eigenvalue weighted by Gasteiger charge is 2.26. The number of aromatic nitrogens is 4. The van der Waals surface area contributed by atoms with E-state index in [1.165, 1.54) is 11.3 Å². The van der Waals surface area contributed by atoms with Crippen molar-refractivity contribution in [2.24, 2.45) is 0 Å². The molecule has 0 spiro atoms. The van der Waals surface area contributed by atoms with Gasteiger partial charge in [-0.2, -0.15) is 10.1 Å². The zero-order valence-electron chi connectivity index (χ0n) is 15.8. The molecule has 0 bridgehead atoms. The van der Waals surface area contributed by atoms with Gasteiger partial charge in [-0.1, -0.05) is 6.92 Å². The number of nitrogens with one attached hydrogen (secondary N) is 2. The Morgan fingerprint density at radius 3 is 2.69 bits per heavy atom. The number of piperidine rings is 1. The molecule has 0 saturated carbocycles. The molecule has 0 unspecified atom stereocenters. The van der Waals surface area contributed by atoms with Crippen LogP contribution < -0.4 is 5.69 Å². The molecular weight excluding hydrogens is 330 g/mol. The third kappa shape index (κ3) is 3.86. The summed E-state index contributed by atoms with van der Waals surface area (Å²) in [4.78, 5) is 32.6. The molecule has 2 aromatic rings. The van der Waals surface area contributed by atoms with E-state index in [0.717, 1.165) is 43.6 Å². The van der Waals surface area contributed by atoms with Crippen molar-refractivity contribution in [2.75, 3.05) is 13.1 Å². The Kier molecular flexibility index (Phi) is 5.54. The number of nitrogens with zero attached hydrogens (tertiary/aromatic N) is 3. The van der Waals surface area contributed by atoms with Crippen LogP contribution >= 0.6 is 0 Å². The maximum atomic E-state index is 12.6. The number of hydrogen-bond acceptors (Lipinski definition) is 4. The molecule has 3 rings (SSSR count). The zero-order chi connectivity index (χ0) is 18.7. The summed E-state index contributed by atoms with van der Waals surface area (Å²) in [7, 11) is 0. The van der Waals surface area contributed by atoms with Crippen molar-refractivity contribution in [3.05, 3.63) is 44.9 Å². The molecule has 2 N–H and O–H groups in total. The van der Waals surface area contributed by atoms with E-state index < -0.39 is 0 Å². The van der Waals surface area contributed by atoms with Crippen LogP contribution in [0.1, 0.15) is 60.3 Å². The molecule has 26 heavy (non-hydrogen) atoms. The Labute approximate surface area is 153 Å². The van der Waals surface area contributed by atoms with Crippen LogP contribution in [0.15, 0.2) is 11.0 Å². The zero-order valence-corrected chi connectivity index (χ0v) is 15.8. The molecule has 1 aliphatic heterocycles. The van der Waals surface area contributed by atoms with Crippen molar-refractivity contribution in [1.29, 1.82) is 0 Å². The molecule has 7 nitrogen and oxygen atoms in total. The maximum absolute atomic E-state index is 12.6. The van der Waals surface area contributed by atoms with E-state index in [2.05, 4.69) is 27.1 Å². The molecule has 1 fully saturated rings. The van der Waals surface area contributed by atoms with Crippen molar-refractivity contribution in [1.82, 2.24) is 25.1 Å². The molecule has 1 saturated heterocycles. The first-order chi connectivity index (χ1) is 12.5. The van der Waals surface area contributed by atoms with Crippen LogP contribution in [0.4, 0.5) is 0 Å². The lowest BCUT2D eigenvalue weighted by Gasteiger charge is -2.32. The molecule has 3 heterocycles. The minimum atomic E-state index is -0.331. The normalized spacial score (nSPS) is 15.4. The largest absolute Gasteiger partial charge is 0.345 e. The van der Waals surface area contributed by atoms with E-state index >= 15 is 0 Å². The Morgan fingerprint density at radius 1 is 1.31 bits per heavy atom. The molecule has 140 valence electrons. The predicted octanol–water partition coefficient (Wildman–Crippen LogP) is 2.01. The number of H-pyrrole nitrogens is 2. The number of aromatic amines is 2. The summed E-state index contributed by atoms with van der Waals surface area (Å²) in [6.45, 7) is 7.39. The predicted molar refractivity (Wildman–Crippen MR) is 99.2 cm³/mol. The topological polar surface area (TPSA) is 94.7 Å². The van der Waals surface area contributed by atoms with E-state index in [-0.39, 0.29) is 11.6 Å². The fourth-order valence-corrected chi connectivity index (χ4v) is 3.89. The van der Waals surface area contributed by atoms with Crippen LogP contribution in [0.3, 0.4) is 0 Å². The second-order valence-corrected chi connectivity index (χ2v) is 7.05. The van der Waals surface area contributed by atoms with Crippen LogP contribution in [-0.2, 0) is 17.6 Å². The van der Waals surface area contributed by atoms with Gasteiger partial charge in [0.05, 0.1) is 6.20 Å². The molecule has 7 heteroatoms. The molecule has 0 radical (unpaired) electrons. The Bertz CT molecular complexity index is 804. The van der Waals surface area contributed by atoms with Gasteiger partial charge in [0.2, 0.25) is 5.91 Å². The molecular formula is C19H27N5O2. The molecule has 1 amide bonds. The average molecular weight is 357 g/mol. The lowest BCUT2D eigenvalue weighted by atomic mass is 9.90. The summed E-state index contributed by atoms with van der Waals surface area (Å²) in [6.07, 6.45) is 5.90. The first-order valence-corrected chi connectivity index (χ1v) is 9.35. The third-order valence-corrected chi connectivity index (χ3v) is 5.43. The smallest absolute Gasteiger partial charge is 0.343 e. The van der Waals surface area contributed by atoms with Crippen molar-refractivity contribution in [3.8, 4) is 0 Å². The first-order valence-electron chi connectivity index (χ1n) is 9.35. The summed E-state index contributed by atoms with van der Waals surface area (Å²) < 4.78 is 0. The SMILES string of the molecule is CCc1cn[nH]c1C1CCN(C(=O)CCc2c(C)nc(=O)[nH]c2C)CC1. The molecule has 2 aromatic heterocycles. The number of rotatable bonds is 5. The lowest BCUT2D eigenvalue weighted by molar-refractivity contribution is -0.132. The summed E-state index contributed by atoms with van der Waals surface area (Å²) in [5.41, 5.74) is 4.68. The van der Waals surface area contributed by atoms with E-state index in [0.29, 0.717) is 24.5 Å². The summed E-state index contributed by atoms with van der Waals surface area (Å²) in [5.74, 6) is 0.637. The van der Waals surface area contributed by atoms with Crippen LogP contribution in [-0.4, -0.2) is 44.1 Å². The fraction of sp³-hybridized carbons (Fsp3) is 0.579. The van der Waals surface area contributed by atoms with Gasteiger partial charge in [-0.3, -0.25) is 9.89 Å². The maximum Gasteiger partial charge on any atom is 0.345 e. The van der Waals surface area contributed by atoms with Gasteiger partial charge in [0.25, 0.3) is 0 Å². The Balaban J connectivity index is 1.55. The molecule has 0 atom stereocenters. The highest BCUT2D eigenvalue weighted by molar-refractivity contribution is 5.76. The number of likely N-dealkylation sites (tertiary alicyclic amines) is 1. The van der Waals surface area contributed by atoms with Crippen LogP contribution in [0.25, 0.3) is 0 Å². The lowest BCUT2D eigenvalue weighted by Crippen LogP contribution is -2.38. The van der Waals surface area contributed by atoms with Gasteiger partial charge in [0.15, 0.2) is 0 Å². The van der Waals surface area contributed by atoms with Gasteiger partial charge in [-0.25, -0.2) is 4.79 Å². The van der Waals surface area contributed by atoms with Crippen LogP contribution in [0, 0.1) is 13.8 Å². The van der Waals surface area contributed by atoms with Gasteiger partial charge in [-0.15, -0.1) is 0 Å².